The molecule has 2 aliphatic heterocycles. The van der Waals surface area contributed by atoms with E-state index in [1.54, 1.807) is 4.90 Å². The standard InChI is InChI=1S/C13H23N3O2/c1-9-5-6-14-8-11(9)15-13(18)12-4-3-7-16(12)10(2)17/h9,11-12,14H,3-8H2,1-2H3,(H,15,18). The van der Waals surface area contributed by atoms with Crippen molar-refractivity contribution in [3.8, 4) is 0 Å². The molecule has 2 rings (SSSR count). The SMILES string of the molecule is CC(=O)N1CCCC1C(=O)NC1CNCCC1C. The molecule has 2 heterocycles. The molecule has 0 aromatic rings. The molecular formula is C13H23N3O2. The van der Waals surface area contributed by atoms with Crippen molar-refractivity contribution >= 4 is 11.8 Å². The van der Waals surface area contributed by atoms with Crippen molar-refractivity contribution in [3.05, 3.63) is 0 Å². The predicted octanol–water partition coefficient (Wildman–Crippen LogP) is 0.112. The number of hydrogen-bond acceptors (Lipinski definition) is 3. The Bertz CT molecular complexity index is 332. The Labute approximate surface area is 108 Å². The molecule has 5 heteroatoms. The minimum absolute atomic E-state index is 0.00228. The van der Waals surface area contributed by atoms with E-state index < -0.39 is 0 Å². The predicted molar refractivity (Wildman–Crippen MR) is 69.0 cm³/mol. The molecule has 2 N–H and O–H groups in total. The van der Waals surface area contributed by atoms with Crippen molar-refractivity contribution in [2.24, 2.45) is 5.92 Å². The molecule has 0 aromatic heterocycles. The zero-order chi connectivity index (χ0) is 13.1. The number of carbonyl (C=O) groups is 2. The summed E-state index contributed by atoms with van der Waals surface area (Å²) in [7, 11) is 0. The molecule has 2 aliphatic rings. The number of nitrogens with one attached hydrogen (secondary N) is 2. The van der Waals surface area contributed by atoms with E-state index in [0.717, 1.165) is 32.4 Å². The second-order valence-corrected chi connectivity index (χ2v) is 5.46. The van der Waals surface area contributed by atoms with Gasteiger partial charge in [-0.3, -0.25) is 9.59 Å². The molecule has 0 bridgehead atoms. The van der Waals surface area contributed by atoms with Gasteiger partial charge in [0, 0.05) is 26.1 Å². The van der Waals surface area contributed by atoms with Gasteiger partial charge in [-0.05, 0) is 31.7 Å². The maximum atomic E-state index is 12.2. The van der Waals surface area contributed by atoms with Crippen LogP contribution >= 0.6 is 0 Å². The van der Waals surface area contributed by atoms with Crippen molar-refractivity contribution in [1.82, 2.24) is 15.5 Å². The molecule has 0 saturated carbocycles. The highest BCUT2D eigenvalue weighted by atomic mass is 16.2. The van der Waals surface area contributed by atoms with Gasteiger partial charge in [0.25, 0.3) is 0 Å². The lowest BCUT2D eigenvalue weighted by atomic mass is 9.94. The van der Waals surface area contributed by atoms with Gasteiger partial charge in [-0.25, -0.2) is 0 Å². The Morgan fingerprint density at radius 2 is 2.11 bits per heavy atom. The fourth-order valence-corrected chi connectivity index (χ4v) is 2.88. The highest BCUT2D eigenvalue weighted by molar-refractivity contribution is 5.87. The third-order valence-electron chi connectivity index (χ3n) is 4.12. The Kier molecular flexibility index (Phi) is 4.22. The molecule has 0 spiro atoms. The number of rotatable bonds is 2. The Morgan fingerprint density at radius 3 is 2.78 bits per heavy atom. The molecule has 3 unspecified atom stereocenters. The van der Waals surface area contributed by atoms with Gasteiger partial charge in [0.1, 0.15) is 6.04 Å². The maximum Gasteiger partial charge on any atom is 0.243 e. The second kappa shape index (κ2) is 5.69. The van der Waals surface area contributed by atoms with Crippen molar-refractivity contribution in [2.75, 3.05) is 19.6 Å². The van der Waals surface area contributed by atoms with Crippen LogP contribution in [0, 0.1) is 5.92 Å². The first kappa shape index (κ1) is 13.3. The number of nitrogens with zero attached hydrogens (tertiary/aromatic N) is 1. The van der Waals surface area contributed by atoms with Crippen LogP contribution in [0.2, 0.25) is 0 Å². The highest BCUT2D eigenvalue weighted by Gasteiger charge is 2.34. The van der Waals surface area contributed by atoms with E-state index in [0.29, 0.717) is 12.5 Å². The Hall–Kier alpha value is -1.10. The maximum absolute atomic E-state index is 12.2. The fraction of sp³-hybridized carbons (Fsp3) is 0.846. The molecule has 0 radical (unpaired) electrons. The third kappa shape index (κ3) is 2.83. The number of hydrogen-bond donors (Lipinski definition) is 2. The lowest BCUT2D eigenvalue weighted by Gasteiger charge is -2.32. The van der Waals surface area contributed by atoms with Crippen LogP contribution in [0.3, 0.4) is 0 Å². The van der Waals surface area contributed by atoms with Crippen LogP contribution in [0.1, 0.15) is 33.1 Å². The summed E-state index contributed by atoms with van der Waals surface area (Å²) in [5.41, 5.74) is 0. The molecule has 0 aliphatic carbocycles. The van der Waals surface area contributed by atoms with E-state index in [1.807, 2.05) is 0 Å². The lowest BCUT2D eigenvalue weighted by Crippen LogP contribution is -2.54. The number of likely N-dealkylation sites (tertiary alicyclic amines) is 1. The van der Waals surface area contributed by atoms with Crippen LogP contribution in [-0.2, 0) is 9.59 Å². The normalized spacial score (nSPS) is 32.3. The molecule has 0 aromatic carbocycles. The molecule has 5 nitrogen and oxygen atoms in total. The molecule has 3 atom stereocenters. The summed E-state index contributed by atoms with van der Waals surface area (Å²) < 4.78 is 0. The van der Waals surface area contributed by atoms with Crippen LogP contribution in [-0.4, -0.2) is 48.4 Å². The lowest BCUT2D eigenvalue weighted by molar-refractivity contribution is -0.137. The van der Waals surface area contributed by atoms with Gasteiger partial charge in [-0.2, -0.15) is 0 Å². The molecular weight excluding hydrogens is 230 g/mol. The van der Waals surface area contributed by atoms with E-state index in [4.69, 9.17) is 0 Å². The molecule has 18 heavy (non-hydrogen) atoms. The van der Waals surface area contributed by atoms with Gasteiger partial charge in [-0.15, -0.1) is 0 Å². The second-order valence-electron chi connectivity index (χ2n) is 5.46. The first-order chi connectivity index (χ1) is 8.59. The average Bonchev–Trinajstić information content (AvgIpc) is 2.81. The van der Waals surface area contributed by atoms with Gasteiger partial charge in [0.2, 0.25) is 11.8 Å². The zero-order valence-corrected chi connectivity index (χ0v) is 11.2. The minimum Gasteiger partial charge on any atom is -0.350 e. The summed E-state index contributed by atoms with van der Waals surface area (Å²) >= 11 is 0. The van der Waals surface area contributed by atoms with Crippen molar-refractivity contribution in [1.29, 1.82) is 0 Å². The van der Waals surface area contributed by atoms with E-state index in [-0.39, 0.29) is 23.9 Å². The third-order valence-corrected chi connectivity index (χ3v) is 4.12. The molecule has 102 valence electrons. The van der Waals surface area contributed by atoms with E-state index >= 15 is 0 Å². The van der Waals surface area contributed by atoms with Crippen LogP contribution in [0.5, 0.6) is 0 Å². The van der Waals surface area contributed by atoms with Crippen LogP contribution in [0.4, 0.5) is 0 Å². The number of amides is 2. The zero-order valence-electron chi connectivity index (χ0n) is 11.2. The summed E-state index contributed by atoms with van der Waals surface area (Å²) in [6.45, 7) is 6.28. The number of piperidine rings is 1. The average molecular weight is 253 g/mol. The van der Waals surface area contributed by atoms with E-state index in [2.05, 4.69) is 17.6 Å². The molecule has 2 amide bonds. The first-order valence-electron chi connectivity index (χ1n) is 6.88. The van der Waals surface area contributed by atoms with E-state index in [9.17, 15) is 9.59 Å². The van der Waals surface area contributed by atoms with Crippen molar-refractivity contribution in [2.45, 2.75) is 45.2 Å². The Morgan fingerprint density at radius 1 is 1.33 bits per heavy atom. The summed E-state index contributed by atoms with van der Waals surface area (Å²) in [4.78, 5) is 25.4. The van der Waals surface area contributed by atoms with Gasteiger partial charge in [-0.1, -0.05) is 6.92 Å². The summed E-state index contributed by atoms with van der Waals surface area (Å²) in [5, 5.41) is 6.40. The van der Waals surface area contributed by atoms with Gasteiger partial charge in [0.05, 0.1) is 0 Å². The largest absolute Gasteiger partial charge is 0.350 e. The smallest absolute Gasteiger partial charge is 0.243 e. The fourth-order valence-electron chi connectivity index (χ4n) is 2.88. The van der Waals surface area contributed by atoms with E-state index in [1.165, 1.54) is 6.92 Å². The van der Waals surface area contributed by atoms with Crippen LogP contribution in [0.25, 0.3) is 0 Å². The van der Waals surface area contributed by atoms with Crippen LogP contribution in [0.15, 0.2) is 0 Å². The molecule has 2 fully saturated rings. The quantitative estimate of drug-likeness (QED) is 0.734. The number of carbonyl (C=O) groups excluding carboxylic acids is 2. The van der Waals surface area contributed by atoms with Gasteiger partial charge in [0.15, 0.2) is 0 Å². The van der Waals surface area contributed by atoms with Crippen LogP contribution < -0.4 is 10.6 Å². The summed E-state index contributed by atoms with van der Waals surface area (Å²) in [6, 6.07) is -0.0581. The molecule has 2 saturated heterocycles. The Balaban J connectivity index is 1.92. The highest BCUT2D eigenvalue weighted by Crippen LogP contribution is 2.18. The van der Waals surface area contributed by atoms with Gasteiger partial charge < -0.3 is 15.5 Å². The monoisotopic (exact) mass is 253 g/mol. The van der Waals surface area contributed by atoms with Gasteiger partial charge >= 0.3 is 0 Å². The van der Waals surface area contributed by atoms with Crippen molar-refractivity contribution in [3.63, 3.8) is 0 Å². The minimum atomic E-state index is -0.253. The van der Waals surface area contributed by atoms with Crippen molar-refractivity contribution < 1.29 is 9.59 Å². The summed E-state index contributed by atoms with van der Waals surface area (Å²) in [5.74, 6) is 0.521. The summed E-state index contributed by atoms with van der Waals surface area (Å²) in [6.07, 6.45) is 2.81. The first-order valence-corrected chi connectivity index (χ1v) is 6.88. The topological polar surface area (TPSA) is 61.4 Å².